The van der Waals surface area contributed by atoms with Crippen molar-refractivity contribution in [3.63, 3.8) is 0 Å². The number of rotatable bonds is 6. The van der Waals surface area contributed by atoms with Crippen LogP contribution < -0.4 is 5.32 Å². The van der Waals surface area contributed by atoms with Crippen molar-refractivity contribution in [2.75, 3.05) is 0 Å². The van der Waals surface area contributed by atoms with Gasteiger partial charge in [0.05, 0.1) is 0 Å². The van der Waals surface area contributed by atoms with Gasteiger partial charge in [-0.2, -0.15) is 4.80 Å². The second-order valence-electron chi connectivity index (χ2n) is 6.17. The van der Waals surface area contributed by atoms with E-state index in [1.807, 2.05) is 6.92 Å². The summed E-state index contributed by atoms with van der Waals surface area (Å²) in [7, 11) is 0. The molecule has 0 spiro atoms. The summed E-state index contributed by atoms with van der Waals surface area (Å²) in [5.41, 5.74) is 2.13. The van der Waals surface area contributed by atoms with Crippen LogP contribution in [0.4, 0.5) is 4.39 Å². The van der Waals surface area contributed by atoms with Crippen LogP contribution >= 0.6 is 11.6 Å². The minimum atomic E-state index is -0.583. The number of aromatic nitrogens is 4. The number of nitrogens with zero attached hydrogens (tertiary/aromatic N) is 4. The molecule has 0 aliphatic carbocycles. The zero-order valence-corrected chi connectivity index (χ0v) is 15.7. The maximum atomic E-state index is 13.3. The molecule has 1 amide bonds. The Labute approximate surface area is 161 Å². The van der Waals surface area contributed by atoms with Crippen molar-refractivity contribution < 1.29 is 9.18 Å². The molecule has 3 aromatic rings. The second kappa shape index (κ2) is 8.26. The van der Waals surface area contributed by atoms with Crippen LogP contribution in [0.5, 0.6) is 0 Å². The number of benzene rings is 2. The highest BCUT2D eigenvalue weighted by atomic mass is 35.5. The highest BCUT2D eigenvalue weighted by molar-refractivity contribution is 6.30. The average Bonchev–Trinajstić information content (AvgIpc) is 3.13. The molecule has 1 aromatic heterocycles. The molecule has 1 N–H and O–H groups in total. The topological polar surface area (TPSA) is 72.7 Å². The van der Waals surface area contributed by atoms with Crippen LogP contribution in [0.2, 0.25) is 5.02 Å². The largest absolute Gasteiger partial charge is 0.350 e. The first-order chi connectivity index (χ1) is 13.0. The summed E-state index contributed by atoms with van der Waals surface area (Å²) in [5, 5.41) is 15.8. The van der Waals surface area contributed by atoms with Crippen LogP contribution in [0.25, 0.3) is 11.4 Å². The number of nitrogens with one attached hydrogen (secondary N) is 1. The Kier molecular flexibility index (Phi) is 5.81. The molecule has 1 heterocycles. The summed E-state index contributed by atoms with van der Waals surface area (Å²) >= 11 is 5.89. The highest BCUT2D eigenvalue weighted by Crippen LogP contribution is 2.18. The third-order valence-corrected chi connectivity index (χ3v) is 4.44. The molecule has 0 aliphatic rings. The van der Waals surface area contributed by atoms with Crippen LogP contribution in [-0.2, 0) is 11.3 Å². The molecule has 2 aromatic carbocycles. The number of amides is 1. The molecule has 0 aliphatic heterocycles. The predicted molar refractivity (Wildman–Crippen MR) is 101 cm³/mol. The Morgan fingerprint density at radius 3 is 2.67 bits per heavy atom. The van der Waals surface area contributed by atoms with Gasteiger partial charge in [0.25, 0.3) is 0 Å². The monoisotopic (exact) mass is 387 g/mol. The molecule has 0 fully saturated rings. The first-order valence-electron chi connectivity index (χ1n) is 8.56. The molecule has 8 heteroatoms. The lowest BCUT2D eigenvalue weighted by Gasteiger charge is -2.13. The standard InChI is InChI=1S/C19H19ClFN5O/c1-3-17(19(27)22-11-13-4-9-16(21)12(2)10-13)26-24-18(23-25-26)14-5-7-15(20)8-6-14/h4-10,17H,3,11H2,1-2H3,(H,22,27). The summed E-state index contributed by atoms with van der Waals surface area (Å²) in [6.07, 6.45) is 0.505. The number of carbonyl (C=O) groups excluding carboxylic acids is 1. The van der Waals surface area contributed by atoms with E-state index in [0.29, 0.717) is 29.4 Å². The maximum Gasteiger partial charge on any atom is 0.247 e. The first-order valence-corrected chi connectivity index (χ1v) is 8.94. The Bertz CT molecular complexity index is 942. The quantitative estimate of drug-likeness (QED) is 0.699. The molecule has 0 saturated heterocycles. The summed E-state index contributed by atoms with van der Waals surface area (Å²) < 4.78 is 13.3. The molecule has 6 nitrogen and oxygen atoms in total. The van der Waals surface area contributed by atoms with Crippen LogP contribution in [0.1, 0.15) is 30.5 Å². The Morgan fingerprint density at radius 1 is 1.26 bits per heavy atom. The predicted octanol–water partition coefficient (Wildman–Crippen LogP) is 3.71. The molecular formula is C19H19ClFN5O. The summed E-state index contributed by atoms with van der Waals surface area (Å²) in [4.78, 5) is 13.9. The third kappa shape index (κ3) is 4.49. The molecular weight excluding hydrogens is 369 g/mol. The molecule has 1 unspecified atom stereocenters. The fourth-order valence-electron chi connectivity index (χ4n) is 2.65. The normalized spacial score (nSPS) is 12.0. The zero-order valence-electron chi connectivity index (χ0n) is 15.0. The zero-order chi connectivity index (χ0) is 19.4. The Morgan fingerprint density at radius 2 is 2.00 bits per heavy atom. The van der Waals surface area contributed by atoms with Crippen molar-refractivity contribution >= 4 is 17.5 Å². The maximum absolute atomic E-state index is 13.3. The average molecular weight is 388 g/mol. The van der Waals surface area contributed by atoms with Crippen LogP contribution in [0.15, 0.2) is 42.5 Å². The van der Waals surface area contributed by atoms with Gasteiger partial charge in [-0.1, -0.05) is 30.7 Å². The number of tetrazole rings is 1. The lowest BCUT2D eigenvalue weighted by atomic mass is 10.1. The first kappa shape index (κ1) is 19.0. The van der Waals surface area contributed by atoms with Crippen molar-refractivity contribution in [3.05, 3.63) is 64.4 Å². The van der Waals surface area contributed by atoms with Crippen LogP contribution in [0.3, 0.4) is 0 Å². The number of aryl methyl sites for hydroxylation is 1. The van der Waals surface area contributed by atoms with E-state index in [0.717, 1.165) is 11.1 Å². The minimum Gasteiger partial charge on any atom is -0.350 e. The van der Waals surface area contributed by atoms with Gasteiger partial charge in [-0.3, -0.25) is 4.79 Å². The van der Waals surface area contributed by atoms with Crippen molar-refractivity contribution in [1.82, 2.24) is 25.5 Å². The number of hydrogen-bond acceptors (Lipinski definition) is 4. The van der Waals surface area contributed by atoms with E-state index in [1.54, 1.807) is 43.3 Å². The van der Waals surface area contributed by atoms with Gasteiger partial charge in [0, 0.05) is 17.1 Å². The van der Waals surface area contributed by atoms with Gasteiger partial charge >= 0.3 is 0 Å². The van der Waals surface area contributed by atoms with Gasteiger partial charge in [-0.25, -0.2) is 4.39 Å². The SMILES string of the molecule is CCC(C(=O)NCc1ccc(F)c(C)c1)n1nnc(-c2ccc(Cl)cc2)n1. The van der Waals surface area contributed by atoms with Gasteiger partial charge in [0.1, 0.15) is 5.82 Å². The van der Waals surface area contributed by atoms with Crippen molar-refractivity contribution in [2.24, 2.45) is 0 Å². The van der Waals surface area contributed by atoms with E-state index < -0.39 is 6.04 Å². The minimum absolute atomic E-state index is 0.223. The van der Waals surface area contributed by atoms with E-state index in [-0.39, 0.29) is 11.7 Å². The number of halogens is 2. The molecule has 0 saturated carbocycles. The van der Waals surface area contributed by atoms with E-state index in [9.17, 15) is 9.18 Å². The lowest BCUT2D eigenvalue weighted by Crippen LogP contribution is -2.33. The van der Waals surface area contributed by atoms with Gasteiger partial charge < -0.3 is 5.32 Å². The third-order valence-electron chi connectivity index (χ3n) is 4.19. The molecule has 3 rings (SSSR count). The number of hydrogen-bond donors (Lipinski definition) is 1. The van der Waals surface area contributed by atoms with E-state index in [2.05, 4.69) is 20.7 Å². The van der Waals surface area contributed by atoms with Gasteiger partial charge in [-0.05, 0) is 60.0 Å². The van der Waals surface area contributed by atoms with Crippen molar-refractivity contribution in [2.45, 2.75) is 32.9 Å². The van der Waals surface area contributed by atoms with Crippen LogP contribution in [-0.4, -0.2) is 26.1 Å². The van der Waals surface area contributed by atoms with E-state index >= 15 is 0 Å². The second-order valence-corrected chi connectivity index (χ2v) is 6.60. The van der Waals surface area contributed by atoms with E-state index in [4.69, 9.17) is 11.6 Å². The molecule has 27 heavy (non-hydrogen) atoms. The molecule has 140 valence electrons. The van der Waals surface area contributed by atoms with Crippen LogP contribution in [0, 0.1) is 12.7 Å². The lowest BCUT2D eigenvalue weighted by molar-refractivity contribution is -0.125. The number of carbonyl (C=O) groups is 1. The van der Waals surface area contributed by atoms with Crippen molar-refractivity contribution in [1.29, 1.82) is 0 Å². The van der Waals surface area contributed by atoms with Gasteiger partial charge in [0.15, 0.2) is 6.04 Å². The summed E-state index contributed by atoms with van der Waals surface area (Å²) in [6.45, 7) is 3.86. The summed E-state index contributed by atoms with van der Waals surface area (Å²) in [5.74, 6) is -0.0651. The fourth-order valence-corrected chi connectivity index (χ4v) is 2.77. The molecule has 0 radical (unpaired) electrons. The highest BCUT2D eigenvalue weighted by Gasteiger charge is 2.21. The molecule has 0 bridgehead atoms. The molecule has 1 atom stereocenters. The fraction of sp³-hybridized carbons (Fsp3) is 0.263. The Balaban J connectivity index is 1.69. The smallest absolute Gasteiger partial charge is 0.247 e. The summed E-state index contributed by atoms with van der Waals surface area (Å²) in [6, 6.07) is 11.2. The van der Waals surface area contributed by atoms with Crippen molar-refractivity contribution in [3.8, 4) is 11.4 Å². The van der Waals surface area contributed by atoms with Gasteiger partial charge in [0.2, 0.25) is 11.7 Å². The van der Waals surface area contributed by atoms with E-state index in [1.165, 1.54) is 10.9 Å². The van der Waals surface area contributed by atoms with Gasteiger partial charge in [-0.15, -0.1) is 10.2 Å². The Hall–Kier alpha value is -2.80.